The number of imidazole rings is 1. The minimum absolute atomic E-state index is 0.148. The molecule has 0 saturated carbocycles. The lowest BCUT2D eigenvalue weighted by atomic mass is 10.2. The molecule has 1 unspecified atom stereocenters. The highest BCUT2D eigenvalue weighted by atomic mass is 16.5. The number of aromatic nitrogens is 2. The van der Waals surface area contributed by atoms with E-state index in [0.717, 1.165) is 0 Å². The van der Waals surface area contributed by atoms with E-state index in [4.69, 9.17) is 15.6 Å². The van der Waals surface area contributed by atoms with Crippen LogP contribution >= 0.6 is 0 Å². The van der Waals surface area contributed by atoms with E-state index >= 15 is 0 Å². The van der Waals surface area contributed by atoms with E-state index in [0.29, 0.717) is 18.8 Å². The fourth-order valence-corrected chi connectivity index (χ4v) is 1.36. The Balaban J connectivity index is 2.54. The number of aliphatic hydroxyl groups excluding tert-OH is 1. The van der Waals surface area contributed by atoms with E-state index in [1.807, 2.05) is 0 Å². The lowest BCUT2D eigenvalue weighted by Crippen LogP contribution is -2.19. The molecule has 0 aliphatic rings. The number of nitrogens with zero attached hydrogens (tertiary/aromatic N) is 2. The zero-order valence-corrected chi connectivity index (χ0v) is 9.30. The third-order valence-corrected chi connectivity index (χ3v) is 2.18. The number of ether oxygens (including phenoxy) is 1. The van der Waals surface area contributed by atoms with Gasteiger partial charge in [0.2, 0.25) is 0 Å². The van der Waals surface area contributed by atoms with E-state index in [2.05, 4.69) is 4.98 Å². The Morgan fingerprint density at radius 2 is 2.50 bits per heavy atom. The molecule has 1 atom stereocenters. The van der Waals surface area contributed by atoms with Gasteiger partial charge in [0.15, 0.2) is 0 Å². The van der Waals surface area contributed by atoms with Crippen molar-refractivity contribution in [3.63, 3.8) is 0 Å². The molecular weight excluding hydrogens is 210 g/mol. The summed E-state index contributed by atoms with van der Waals surface area (Å²) in [5, 5.41) is 8.93. The first-order valence-electron chi connectivity index (χ1n) is 5.21. The molecule has 1 rings (SSSR count). The average molecular weight is 227 g/mol. The van der Waals surface area contributed by atoms with Gasteiger partial charge in [-0.05, 0) is 6.92 Å². The van der Waals surface area contributed by atoms with Crippen molar-refractivity contribution in [3.8, 4) is 0 Å². The number of rotatable bonds is 6. The van der Waals surface area contributed by atoms with Crippen LogP contribution in [-0.4, -0.2) is 33.8 Å². The molecule has 0 amide bonds. The Kier molecular flexibility index (Phi) is 4.94. The predicted octanol–water partition coefficient (Wildman–Crippen LogP) is -0.172. The molecule has 0 aliphatic heterocycles. The molecule has 0 spiro atoms. The van der Waals surface area contributed by atoms with Crippen LogP contribution in [0.4, 0.5) is 0 Å². The Morgan fingerprint density at radius 1 is 1.75 bits per heavy atom. The Morgan fingerprint density at radius 3 is 3.12 bits per heavy atom. The van der Waals surface area contributed by atoms with Crippen molar-refractivity contribution >= 4 is 5.97 Å². The number of carbonyl (C=O) groups is 1. The lowest BCUT2D eigenvalue weighted by molar-refractivity contribution is -0.143. The van der Waals surface area contributed by atoms with E-state index < -0.39 is 6.04 Å². The number of nitrogens with two attached hydrogens (primary N) is 1. The summed E-state index contributed by atoms with van der Waals surface area (Å²) in [6, 6.07) is -0.468. The van der Waals surface area contributed by atoms with Crippen molar-refractivity contribution in [2.45, 2.75) is 25.9 Å². The van der Waals surface area contributed by atoms with Crippen molar-refractivity contribution in [1.29, 1.82) is 0 Å². The van der Waals surface area contributed by atoms with Gasteiger partial charge in [0.1, 0.15) is 0 Å². The van der Waals surface area contributed by atoms with Crippen molar-refractivity contribution in [1.82, 2.24) is 9.55 Å². The van der Waals surface area contributed by atoms with E-state index in [1.165, 1.54) is 0 Å². The standard InChI is InChI=1S/C10H17N3O3/c1-2-16-10(15)3-4-13-7-12-5-9(13)8(11)6-14/h5,7-8,14H,2-4,6,11H2,1H3. The Bertz CT molecular complexity index is 338. The molecule has 0 fully saturated rings. The van der Waals surface area contributed by atoms with Gasteiger partial charge in [-0.15, -0.1) is 0 Å². The summed E-state index contributed by atoms with van der Waals surface area (Å²) in [4.78, 5) is 15.1. The first kappa shape index (κ1) is 12.7. The van der Waals surface area contributed by atoms with Crippen molar-refractivity contribution in [2.75, 3.05) is 13.2 Å². The van der Waals surface area contributed by atoms with Gasteiger partial charge in [-0.3, -0.25) is 4.79 Å². The van der Waals surface area contributed by atoms with Gasteiger partial charge < -0.3 is 20.1 Å². The number of hydrogen-bond acceptors (Lipinski definition) is 5. The van der Waals surface area contributed by atoms with Crippen LogP contribution in [-0.2, 0) is 16.1 Å². The normalized spacial score (nSPS) is 12.4. The molecule has 6 nitrogen and oxygen atoms in total. The van der Waals surface area contributed by atoms with Gasteiger partial charge in [-0.25, -0.2) is 4.98 Å². The summed E-state index contributed by atoms with van der Waals surface area (Å²) in [5.41, 5.74) is 6.39. The molecule has 0 saturated heterocycles. The highest BCUT2D eigenvalue weighted by molar-refractivity contribution is 5.69. The Hall–Kier alpha value is -1.40. The maximum Gasteiger partial charge on any atom is 0.307 e. The summed E-state index contributed by atoms with van der Waals surface area (Å²) >= 11 is 0. The monoisotopic (exact) mass is 227 g/mol. The molecule has 1 aromatic heterocycles. The smallest absolute Gasteiger partial charge is 0.307 e. The molecule has 3 N–H and O–H groups in total. The number of carbonyl (C=O) groups excluding carboxylic acids is 1. The molecule has 0 bridgehead atoms. The van der Waals surface area contributed by atoms with Gasteiger partial charge in [0.05, 0.1) is 37.7 Å². The fourth-order valence-electron chi connectivity index (χ4n) is 1.36. The third-order valence-electron chi connectivity index (χ3n) is 2.18. The zero-order valence-electron chi connectivity index (χ0n) is 9.30. The van der Waals surface area contributed by atoms with Crippen LogP contribution in [0.5, 0.6) is 0 Å². The molecule has 90 valence electrons. The summed E-state index contributed by atoms with van der Waals surface area (Å²) in [5.74, 6) is -0.250. The summed E-state index contributed by atoms with van der Waals surface area (Å²) in [6.45, 7) is 2.46. The maximum atomic E-state index is 11.2. The minimum atomic E-state index is -0.468. The zero-order chi connectivity index (χ0) is 12.0. The van der Waals surface area contributed by atoms with Gasteiger partial charge in [0.25, 0.3) is 0 Å². The topological polar surface area (TPSA) is 90.4 Å². The summed E-state index contributed by atoms with van der Waals surface area (Å²) in [6.07, 6.45) is 3.45. The predicted molar refractivity (Wildman–Crippen MR) is 57.5 cm³/mol. The number of hydrogen-bond donors (Lipinski definition) is 2. The molecule has 0 radical (unpaired) electrons. The largest absolute Gasteiger partial charge is 0.466 e. The molecule has 1 heterocycles. The highest BCUT2D eigenvalue weighted by Gasteiger charge is 2.11. The first-order valence-corrected chi connectivity index (χ1v) is 5.21. The second-order valence-corrected chi connectivity index (χ2v) is 3.36. The first-order chi connectivity index (χ1) is 7.69. The highest BCUT2D eigenvalue weighted by Crippen LogP contribution is 2.09. The van der Waals surface area contributed by atoms with E-state index in [1.54, 1.807) is 24.0 Å². The van der Waals surface area contributed by atoms with Crippen LogP contribution in [0.25, 0.3) is 0 Å². The van der Waals surface area contributed by atoms with Gasteiger partial charge >= 0.3 is 5.97 Å². The van der Waals surface area contributed by atoms with Crippen molar-refractivity contribution in [2.24, 2.45) is 5.73 Å². The lowest BCUT2D eigenvalue weighted by Gasteiger charge is -2.11. The van der Waals surface area contributed by atoms with Crippen LogP contribution < -0.4 is 5.73 Å². The second-order valence-electron chi connectivity index (χ2n) is 3.36. The molecule has 0 aliphatic carbocycles. The Labute approximate surface area is 94.0 Å². The van der Waals surface area contributed by atoms with Gasteiger partial charge in [-0.2, -0.15) is 0 Å². The van der Waals surface area contributed by atoms with E-state index in [9.17, 15) is 4.79 Å². The maximum absolute atomic E-state index is 11.2. The minimum Gasteiger partial charge on any atom is -0.466 e. The third kappa shape index (κ3) is 3.32. The van der Waals surface area contributed by atoms with Crippen LogP contribution in [0.15, 0.2) is 12.5 Å². The molecule has 0 aromatic carbocycles. The number of aliphatic hydroxyl groups is 1. The fraction of sp³-hybridized carbons (Fsp3) is 0.600. The summed E-state index contributed by atoms with van der Waals surface area (Å²) < 4.78 is 6.56. The van der Waals surface area contributed by atoms with Crippen LogP contribution in [0.3, 0.4) is 0 Å². The van der Waals surface area contributed by atoms with Crippen LogP contribution in [0, 0.1) is 0 Å². The second kappa shape index (κ2) is 6.24. The van der Waals surface area contributed by atoms with Crippen LogP contribution in [0.1, 0.15) is 25.1 Å². The van der Waals surface area contributed by atoms with Crippen molar-refractivity contribution in [3.05, 3.63) is 18.2 Å². The SMILES string of the molecule is CCOC(=O)CCn1cncc1C(N)CO. The van der Waals surface area contributed by atoms with Gasteiger partial charge in [0, 0.05) is 12.7 Å². The van der Waals surface area contributed by atoms with E-state index in [-0.39, 0.29) is 19.0 Å². The molecule has 6 heteroatoms. The number of aryl methyl sites for hydroxylation is 1. The average Bonchev–Trinajstić information content (AvgIpc) is 2.74. The van der Waals surface area contributed by atoms with Crippen molar-refractivity contribution < 1.29 is 14.6 Å². The molecular formula is C10H17N3O3. The van der Waals surface area contributed by atoms with Gasteiger partial charge in [-0.1, -0.05) is 0 Å². The molecule has 1 aromatic rings. The quantitative estimate of drug-likeness (QED) is 0.658. The van der Waals surface area contributed by atoms with Crippen LogP contribution in [0.2, 0.25) is 0 Å². The molecule has 16 heavy (non-hydrogen) atoms. The summed E-state index contributed by atoms with van der Waals surface area (Å²) in [7, 11) is 0. The number of esters is 1.